The Labute approximate surface area is 147 Å². The molecule has 1 aliphatic rings. The standard InChI is InChI=1S/C6H13O9P.2Na/c7-1-2-3(8)4(9)5(10)6(14-2)15-16(11,12)13;;/h2-10H,1H2,(H2,11,12,13);;/q;2*+1/p-2/t2-,3-,4-,5+,6+;;/m1../s1. The Morgan fingerprint density at radius 2 is 1.61 bits per heavy atom. The Balaban J connectivity index is 0. The van der Waals surface area contributed by atoms with Crippen LogP contribution in [0, 0.1) is 0 Å². The Morgan fingerprint density at radius 1 is 1.11 bits per heavy atom. The van der Waals surface area contributed by atoms with E-state index in [1.807, 2.05) is 0 Å². The van der Waals surface area contributed by atoms with E-state index >= 15 is 0 Å². The van der Waals surface area contributed by atoms with Gasteiger partial charge in [0.25, 0.3) is 0 Å². The molecule has 1 saturated heterocycles. The summed E-state index contributed by atoms with van der Waals surface area (Å²) in [5.41, 5.74) is 0. The normalized spacial score (nSPS) is 36.4. The van der Waals surface area contributed by atoms with E-state index in [2.05, 4.69) is 9.26 Å². The van der Waals surface area contributed by atoms with Gasteiger partial charge in [-0.25, -0.2) is 0 Å². The van der Waals surface area contributed by atoms with E-state index < -0.39 is 45.1 Å². The summed E-state index contributed by atoms with van der Waals surface area (Å²) in [4.78, 5) is 20.6. The van der Waals surface area contributed by atoms with Gasteiger partial charge in [0.05, 0.1) is 14.4 Å². The molecule has 0 aromatic rings. The Kier molecular flexibility index (Phi) is 11.1. The fraction of sp³-hybridized carbons (Fsp3) is 1.00. The molecule has 1 heterocycles. The summed E-state index contributed by atoms with van der Waals surface area (Å²) in [6.45, 7) is -0.743. The third-order valence-electron chi connectivity index (χ3n) is 2.08. The number of hydrogen-bond donors (Lipinski definition) is 4. The summed E-state index contributed by atoms with van der Waals surface area (Å²) in [5.74, 6) is 0. The van der Waals surface area contributed by atoms with Crippen LogP contribution in [0.5, 0.6) is 0 Å². The van der Waals surface area contributed by atoms with Crippen molar-refractivity contribution in [3.05, 3.63) is 0 Å². The summed E-state index contributed by atoms with van der Waals surface area (Å²) in [7, 11) is -5.41. The number of phosphoric ester groups is 1. The Bertz CT molecular complexity index is 284. The summed E-state index contributed by atoms with van der Waals surface area (Å²) >= 11 is 0. The molecule has 1 rings (SSSR count). The van der Waals surface area contributed by atoms with E-state index in [-0.39, 0.29) is 59.1 Å². The maximum absolute atomic E-state index is 10.3. The van der Waals surface area contributed by atoms with Crippen LogP contribution in [-0.2, 0) is 13.8 Å². The van der Waals surface area contributed by atoms with Gasteiger partial charge in [-0.05, 0) is 0 Å². The molecule has 96 valence electrons. The van der Waals surface area contributed by atoms with E-state index in [1.165, 1.54) is 0 Å². The van der Waals surface area contributed by atoms with Crippen LogP contribution in [0.2, 0.25) is 0 Å². The molecule has 0 radical (unpaired) electrons. The van der Waals surface area contributed by atoms with Gasteiger partial charge < -0.3 is 44.0 Å². The molecule has 0 spiro atoms. The zero-order chi connectivity index (χ0) is 12.5. The molecule has 0 unspecified atom stereocenters. The van der Waals surface area contributed by atoms with Crippen molar-refractivity contribution < 1.29 is 103 Å². The molecule has 0 aliphatic carbocycles. The molecule has 0 aromatic carbocycles. The van der Waals surface area contributed by atoms with Crippen LogP contribution >= 0.6 is 7.82 Å². The average molecular weight is 304 g/mol. The molecular weight excluding hydrogens is 293 g/mol. The predicted molar refractivity (Wildman–Crippen MR) is 42.5 cm³/mol. The smallest absolute Gasteiger partial charge is 0.790 e. The van der Waals surface area contributed by atoms with Crippen molar-refractivity contribution in [2.45, 2.75) is 30.7 Å². The van der Waals surface area contributed by atoms with Gasteiger partial charge in [-0.15, -0.1) is 0 Å². The molecule has 0 bridgehead atoms. The maximum Gasteiger partial charge on any atom is 1.00 e. The molecule has 0 saturated carbocycles. The van der Waals surface area contributed by atoms with Crippen LogP contribution in [0.25, 0.3) is 0 Å². The van der Waals surface area contributed by atoms with Gasteiger partial charge in [0.2, 0.25) is 0 Å². The largest absolute Gasteiger partial charge is 1.00 e. The van der Waals surface area contributed by atoms with E-state index in [0.29, 0.717) is 0 Å². The molecular formula is C6H11Na2O9P. The minimum absolute atomic E-state index is 0. The molecule has 9 nitrogen and oxygen atoms in total. The van der Waals surface area contributed by atoms with Crippen molar-refractivity contribution in [3.8, 4) is 0 Å². The summed E-state index contributed by atoms with van der Waals surface area (Å²) in [6, 6.07) is 0. The first-order chi connectivity index (χ1) is 7.26. The van der Waals surface area contributed by atoms with Gasteiger partial charge in [0, 0.05) is 0 Å². The van der Waals surface area contributed by atoms with E-state index in [0.717, 1.165) is 0 Å². The van der Waals surface area contributed by atoms with Crippen LogP contribution in [0.3, 0.4) is 0 Å². The Morgan fingerprint density at radius 3 is 2.00 bits per heavy atom. The quantitative estimate of drug-likeness (QED) is 0.293. The van der Waals surface area contributed by atoms with Crippen molar-refractivity contribution in [1.29, 1.82) is 0 Å². The van der Waals surface area contributed by atoms with Gasteiger partial charge in [0.1, 0.15) is 24.4 Å². The molecule has 5 atom stereocenters. The molecule has 4 N–H and O–H groups in total. The monoisotopic (exact) mass is 304 g/mol. The fourth-order valence-corrected chi connectivity index (χ4v) is 1.71. The van der Waals surface area contributed by atoms with Crippen LogP contribution in [-0.4, -0.2) is 57.7 Å². The number of phosphoric acid groups is 1. The second-order valence-corrected chi connectivity index (χ2v) is 4.36. The van der Waals surface area contributed by atoms with Crippen molar-refractivity contribution in [1.82, 2.24) is 0 Å². The number of hydrogen-bond acceptors (Lipinski definition) is 9. The minimum Gasteiger partial charge on any atom is -0.790 e. The van der Waals surface area contributed by atoms with Gasteiger partial charge in [-0.1, -0.05) is 0 Å². The van der Waals surface area contributed by atoms with Gasteiger partial charge in [-0.2, -0.15) is 0 Å². The SMILES string of the molecule is O=P([O-])([O-])O[C@@H]1O[C@H](CO)[C@@H](O)[C@@H](O)[C@@H]1O.[Na+].[Na+]. The third-order valence-corrected chi connectivity index (χ3v) is 2.55. The minimum atomic E-state index is -5.41. The zero-order valence-electron chi connectivity index (χ0n) is 9.87. The second kappa shape index (κ2) is 9.04. The first kappa shape index (κ1) is 22.2. The molecule has 12 heteroatoms. The Hall–Kier alpha value is 1.91. The summed E-state index contributed by atoms with van der Waals surface area (Å²) < 4.78 is 18.7. The molecule has 0 amide bonds. The van der Waals surface area contributed by atoms with Gasteiger partial charge in [0.15, 0.2) is 6.29 Å². The second-order valence-electron chi connectivity index (χ2n) is 3.25. The summed E-state index contributed by atoms with van der Waals surface area (Å²) in [5, 5.41) is 36.5. The zero-order valence-corrected chi connectivity index (χ0v) is 14.8. The molecule has 1 fully saturated rings. The average Bonchev–Trinajstić information content (AvgIpc) is 2.17. The van der Waals surface area contributed by atoms with Gasteiger partial charge >= 0.3 is 59.1 Å². The van der Waals surface area contributed by atoms with Crippen molar-refractivity contribution in [3.63, 3.8) is 0 Å². The van der Waals surface area contributed by atoms with Crippen molar-refractivity contribution in [2.24, 2.45) is 0 Å². The van der Waals surface area contributed by atoms with Gasteiger partial charge in [-0.3, -0.25) is 0 Å². The van der Waals surface area contributed by atoms with Crippen LogP contribution < -0.4 is 68.9 Å². The molecule has 18 heavy (non-hydrogen) atoms. The number of aliphatic hydroxyl groups is 4. The topological polar surface area (TPSA) is 163 Å². The first-order valence-corrected chi connectivity index (χ1v) is 5.73. The van der Waals surface area contributed by atoms with E-state index in [4.69, 9.17) is 5.11 Å². The first-order valence-electron chi connectivity index (χ1n) is 4.27. The number of rotatable bonds is 3. The van der Waals surface area contributed by atoms with E-state index in [1.54, 1.807) is 0 Å². The van der Waals surface area contributed by atoms with Crippen molar-refractivity contribution >= 4 is 7.82 Å². The molecule has 0 aromatic heterocycles. The number of aliphatic hydroxyl groups excluding tert-OH is 4. The van der Waals surface area contributed by atoms with Crippen molar-refractivity contribution in [2.75, 3.05) is 6.61 Å². The van der Waals surface area contributed by atoms with Crippen LogP contribution in [0.15, 0.2) is 0 Å². The predicted octanol–water partition coefficient (Wildman–Crippen LogP) is -10.4. The summed E-state index contributed by atoms with van der Waals surface area (Å²) in [6.07, 6.45) is -8.61. The molecule has 1 aliphatic heterocycles. The van der Waals surface area contributed by atoms with E-state index in [9.17, 15) is 29.7 Å². The third kappa shape index (κ3) is 6.13. The van der Waals surface area contributed by atoms with Crippen LogP contribution in [0.1, 0.15) is 0 Å². The maximum atomic E-state index is 10.3. The number of ether oxygens (including phenoxy) is 1. The van der Waals surface area contributed by atoms with Crippen LogP contribution in [0.4, 0.5) is 0 Å². The fourth-order valence-electron chi connectivity index (χ4n) is 1.28.